The highest BCUT2D eigenvalue weighted by Gasteiger charge is 2.18. The summed E-state index contributed by atoms with van der Waals surface area (Å²) in [6, 6.07) is 6.53. The highest BCUT2D eigenvalue weighted by atomic mass is 15.2. The van der Waals surface area contributed by atoms with Gasteiger partial charge in [-0.15, -0.1) is 0 Å². The minimum atomic E-state index is 0.774. The van der Waals surface area contributed by atoms with Crippen LogP contribution in [0.2, 0.25) is 0 Å². The molecule has 1 fully saturated rings. The highest BCUT2D eigenvalue weighted by Crippen LogP contribution is 2.31. The summed E-state index contributed by atoms with van der Waals surface area (Å²) in [7, 11) is 0. The summed E-state index contributed by atoms with van der Waals surface area (Å²) in [5.74, 6) is 0.774. The van der Waals surface area contributed by atoms with E-state index in [-0.39, 0.29) is 0 Å². The Bertz CT molecular complexity index is 412. The number of hydrogen-bond donors (Lipinski definition) is 1. The molecule has 0 amide bonds. The van der Waals surface area contributed by atoms with E-state index in [1.54, 1.807) is 0 Å². The second kappa shape index (κ2) is 6.18. The summed E-state index contributed by atoms with van der Waals surface area (Å²) in [4.78, 5) is 4.77. The third-order valence-corrected chi connectivity index (χ3v) is 4.14. The lowest BCUT2D eigenvalue weighted by atomic mass is 9.99. The summed E-state index contributed by atoms with van der Waals surface area (Å²) in [6.07, 6.45) is 2.62. The van der Waals surface area contributed by atoms with E-state index in [0.717, 1.165) is 37.8 Å². The Morgan fingerprint density at radius 3 is 2.63 bits per heavy atom. The molecule has 1 unspecified atom stereocenters. The molecule has 1 aromatic carbocycles. The van der Waals surface area contributed by atoms with Crippen LogP contribution < -0.4 is 15.5 Å². The van der Waals surface area contributed by atoms with Gasteiger partial charge in [-0.2, -0.15) is 0 Å². The van der Waals surface area contributed by atoms with Gasteiger partial charge >= 0.3 is 0 Å². The van der Waals surface area contributed by atoms with E-state index in [1.165, 1.54) is 24.2 Å². The summed E-state index contributed by atoms with van der Waals surface area (Å²) < 4.78 is 0. The largest absolute Gasteiger partial charge is 0.397 e. The zero-order chi connectivity index (χ0) is 13.8. The fourth-order valence-corrected chi connectivity index (χ4v) is 3.02. The van der Waals surface area contributed by atoms with Gasteiger partial charge in [0.1, 0.15) is 0 Å². The molecule has 0 radical (unpaired) electrons. The van der Waals surface area contributed by atoms with Gasteiger partial charge in [0.25, 0.3) is 0 Å². The summed E-state index contributed by atoms with van der Waals surface area (Å²) in [5.41, 5.74) is 9.64. The number of nitrogen functional groups attached to an aromatic ring is 1. The second-order valence-electron chi connectivity index (χ2n) is 5.61. The molecule has 3 heteroatoms. The van der Waals surface area contributed by atoms with Crippen molar-refractivity contribution in [3.63, 3.8) is 0 Å². The molecule has 1 aromatic rings. The van der Waals surface area contributed by atoms with E-state index >= 15 is 0 Å². The van der Waals surface area contributed by atoms with Crippen molar-refractivity contribution >= 4 is 17.1 Å². The molecule has 1 aliphatic rings. The predicted octanol–water partition coefficient (Wildman–Crippen LogP) is 3.35. The van der Waals surface area contributed by atoms with Gasteiger partial charge in [0.2, 0.25) is 0 Å². The van der Waals surface area contributed by atoms with Crippen molar-refractivity contribution < 1.29 is 0 Å². The number of anilines is 3. The summed E-state index contributed by atoms with van der Waals surface area (Å²) >= 11 is 0. The maximum atomic E-state index is 6.28. The Hall–Kier alpha value is -1.38. The molecule has 2 rings (SSSR count). The maximum absolute atomic E-state index is 6.28. The predicted molar refractivity (Wildman–Crippen MR) is 85.0 cm³/mol. The van der Waals surface area contributed by atoms with Gasteiger partial charge in [-0.05, 0) is 50.8 Å². The van der Waals surface area contributed by atoms with Crippen molar-refractivity contribution in [1.82, 2.24) is 0 Å². The summed E-state index contributed by atoms with van der Waals surface area (Å²) in [5, 5.41) is 0. The van der Waals surface area contributed by atoms with E-state index in [1.807, 2.05) is 0 Å². The van der Waals surface area contributed by atoms with Gasteiger partial charge < -0.3 is 15.5 Å². The molecule has 2 N–H and O–H groups in total. The molecule has 0 aliphatic carbocycles. The molecule has 19 heavy (non-hydrogen) atoms. The van der Waals surface area contributed by atoms with Gasteiger partial charge in [-0.1, -0.05) is 6.92 Å². The van der Waals surface area contributed by atoms with Gasteiger partial charge in [-0.3, -0.25) is 0 Å². The smallest absolute Gasteiger partial charge is 0.0601 e. The van der Waals surface area contributed by atoms with E-state index in [2.05, 4.69) is 48.8 Å². The van der Waals surface area contributed by atoms with E-state index < -0.39 is 0 Å². The Kier molecular flexibility index (Phi) is 4.56. The average Bonchev–Trinajstić information content (AvgIpc) is 2.40. The molecule has 3 nitrogen and oxygen atoms in total. The molecule has 0 bridgehead atoms. The van der Waals surface area contributed by atoms with Gasteiger partial charge in [0.15, 0.2) is 0 Å². The molecule has 1 saturated heterocycles. The van der Waals surface area contributed by atoms with Crippen LogP contribution in [0.25, 0.3) is 0 Å². The molecular formula is C16H27N3. The minimum Gasteiger partial charge on any atom is -0.397 e. The van der Waals surface area contributed by atoms with Crippen LogP contribution in [-0.4, -0.2) is 26.2 Å². The first kappa shape index (κ1) is 14.0. The van der Waals surface area contributed by atoms with Crippen LogP contribution in [0, 0.1) is 5.92 Å². The fraction of sp³-hybridized carbons (Fsp3) is 0.625. The first-order valence-electron chi connectivity index (χ1n) is 7.55. The van der Waals surface area contributed by atoms with Gasteiger partial charge in [0.05, 0.1) is 11.4 Å². The third-order valence-electron chi connectivity index (χ3n) is 4.14. The normalized spacial score (nSPS) is 19.5. The molecule has 0 spiro atoms. The Morgan fingerprint density at radius 2 is 2.05 bits per heavy atom. The van der Waals surface area contributed by atoms with Crippen LogP contribution in [0.3, 0.4) is 0 Å². The quantitative estimate of drug-likeness (QED) is 0.844. The van der Waals surface area contributed by atoms with Crippen LogP contribution in [0.4, 0.5) is 17.1 Å². The third kappa shape index (κ3) is 3.14. The van der Waals surface area contributed by atoms with Gasteiger partial charge in [-0.25, -0.2) is 0 Å². The molecular weight excluding hydrogens is 234 g/mol. The van der Waals surface area contributed by atoms with Crippen molar-refractivity contribution in [3.05, 3.63) is 18.2 Å². The Balaban J connectivity index is 2.19. The zero-order valence-electron chi connectivity index (χ0n) is 12.5. The fourth-order valence-electron chi connectivity index (χ4n) is 3.02. The van der Waals surface area contributed by atoms with Crippen molar-refractivity contribution in [2.24, 2.45) is 5.92 Å². The molecule has 0 saturated carbocycles. The lowest BCUT2D eigenvalue weighted by molar-refractivity contribution is 0.447. The average molecular weight is 261 g/mol. The zero-order valence-corrected chi connectivity index (χ0v) is 12.5. The first-order valence-corrected chi connectivity index (χ1v) is 7.55. The number of piperidine rings is 1. The SMILES string of the molecule is CCN(CC)c1ccc(N2CCCC(C)C2)c(N)c1. The topological polar surface area (TPSA) is 32.5 Å². The number of rotatable bonds is 4. The number of benzene rings is 1. The molecule has 1 heterocycles. The van der Waals surface area contributed by atoms with Crippen molar-refractivity contribution in [2.45, 2.75) is 33.6 Å². The van der Waals surface area contributed by atoms with E-state index in [9.17, 15) is 0 Å². The van der Waals surface area contributed by atoms with Crippen LogP contribution in [0.1, 0.15) is 33.6 Å². The first-order chi connectivity index (χ1) is 9.15. The van der Waals surface area contributed by atoms with Crippen LogP contribution in [0.5, 0.6) is 0 Å². The molecule has 1 atom stereocenters. The number of nitrogens with zero attached hydrogens (tertiary/aromatic N) is 2. The number of nitrogens with two attached hydrogens (primary N) is 1. The Morgan fingerprint density at radius 1 is 1.32 bits per heavy atom. The molecule has 106 valence electrons. The van der Waals surface area contributed by atoms with E-state index in [4.69, 9.17) is 5.73 Å². The lowest BCUT2D eigenvalue weighted by Gasteiger charge is -2.34. The second-order valence-corrected chi connectivity index (χ2v) is 5.61. The van der Waals surface area contributed by atoms with Crippen LogP contribution >= 0.6 is 0 Å². The molecule has 1 aliphatic heterocycles. The van der Waals surface area contributed by atoms with Crippen LogP contribution in [-0.2, 0) is 0 Å². The van der Waals surface area contributed by atoms with Gasteiger partial charge in [0, 0.05) is 31.9 Å². The summed E-state index contributed by atoms with van der Waals surface area (Å²) in [6.45, 7) is 11.0. The number of hydrogen-bond acceptors (Lipinski definition) is 3. The maximum Gasteiger partial charge on any atom is 0.0601 e. The van der Waals surface area contributed by atoms with Crippen LogP contribution in [0.15, 0.2) is 18.2 Å². The molecule has 0 aromatic heterocycles. The van der Waals surface area contributed by atoms with E-state index in [0.29, 0.717) is 0 Å². The standard InChI is InChI=1S/C16H27N3/c1-4-18(5-2)14-8-9-16(15(17)11-14)19-10-6-7-13(3)12-19/h8-9,11,13H,4-7,10,12,17H2,1-3H3. The Labute approximate surface area is 117 Å². The highest BCUT2D eigenvalue weighted by molar-refractivity contribution is 5.73. The van der Waals surface area contributed by atoms with Crippen molar-refractivity contribution in [1.29, 1.82) is 0 Å². The van der Waals surface area contributed by atoms with Crippen molar-refractivity contribution in [3.8, 4) is 0 Å². The van der Waals surface area contributed by atoms with Crippen molar-refractivity contribution in [2.75, 3.05) is 41.7 Å². The minimum absolute atomic E-state index is 0.774. The lowest BCUT2D eigenvalue weighted by Crippen LogP contribution is -2.34. The monoisotopic (exact) mass is 261 g/mol.